The average Bonchev–Trinajstić information content (AvgIpc) is 2.33. The fourth-order valence-electron chi connectivity index (χ4n) is 1.32. The molecule has 0 amide bonds. The van der Waals surface area contributed by atoms with E-state index in [1.807, 2.05) is 0 Å². The summed E-state index contributed by atoms with van der Waals surface area (Å²) in [7, 11) is 0. The Kier molecular flexibility index (Phi) is 3.00. The van der Waals surface area contributed by atoms with Crippen LogP contribution in [0.3, 0.4) is 0 Å². The predicted molar refractivity (Wildman–Crippen MR) is 66.2 cm³/mol. The molecule has 0 spiro atoms. The number of ketones is 1. The lowest BCUT2D eigenvalue weighted by atomic mass is 10.1. The molecule has 86 valence electrons. The molecule has 5 heteroatoms. The maximum atomic E-state index is 11.1. The lowest BCUT2D eigenvalue weighted by Crippen LogP contribution is -1.98. The SMILES string of the molecule is CC(=O)c1ccc(Nc2ncc(N)cn2)cc1. The van der Waals surface area contributed by atoms with E-state index >= 15 is 0 Å². The summed E-state index contributed by atoms with van der Waals surface area (Å²) in [5, 5.41) is 3.01. The van der Waals surface area contributed by atoms with Crippen LogP contribution in [-0.4, -0.2) is 15.8 Å². The highest BCUT2D eigenvalue weighted by molar-refractivity contribution is 5.94. The van der Waals surface area contributed by atoms with Gasteiger partial charge in [-0.3, -0.25) is 4.79 Å². The van der Waals surface area contributed by atoms with Gasteiger partial charge in [-0.2, -0.15) is 0 Å². The van der Waals surface area contributed by atoms with E-state index < -0.39 is 0 Å². The Labute approximate surface area is 98.7 Å². The first-order valence-corrected chi connectivity index (χ1v) is 5.11. The fourth-order valence-corrected chi connectivity index (χ4v) is 1.32. The number of nitrogens with two attached hydrogens (primary N) is 1. The van der Waals surface area contributed by atoms with Crippen molar-refractivity contribution < 1.29 is 4.79 Å². The van der Waals surface area contributed by atoms with Gasteiger partial charge < -0.3 is 11.1 Å². The molecule has 1 heterocycles. The molecule has 0 atom stereocenters. The molecule has 17 heavy (non-hydrogen) atoms. The number of nitrogen functional groups attached to an aromatic ring is 1. The summed E-state index contributed by atoms with van der Waals surface area (Å²) in [5.74, 6) is 0.509. The summed E-state index contributed by atoms with van der Waals surface area (Å²) in [6, 6.07) is 7.11. The van der Waals surface area contributed by atoms with Crippen molar-refractivity contribution in [3.63, 3.8) is 0 Å². The van der Waals surface area contributed by atoms with Gasteiger partial charge in [-0.15, -0.1) is 0 Å². The Balaban J connectivity index is 2.13. The zero-order valence-electron chi connectivity index (χ0n) is 9.34. The zero-order valence-corrected chi connectivity index (χ0v) is 9.34. The van der Waals surface area contributed by atoms with Gasteiger partial charge in [0.15, 0.2) is 5.78 Å². The maximum absolute atomic E-state index is 11.1. The Morgan fingerprint density at radius 3 is 2.29 bits per heavy atom. The summed E-state index contributed by atoms with van der Waals surface area (Å²) in [6.45, 7) is 1.53. The van der Waals surface area contributed by atoms with Crippen molar-refractivity contribution in [2.24, 2.45) is 0 Å². The molecule has 5 nitrogen and oxygen atoms in total. The van der Waals surface area contributed by atoms with E-state index in [0.29, 0.717) is 17.2 Å². The number of hydrogen-bond donors (Lipinski definition) is 2. The van der Waals surface area contributed by atoms with Crippen LogP contribution in [0.25, 0.3) is 0 Å². The molecule has 1 aromatic heterocycles. The van der Waals surface area contributed by atoms with Crippen LogP contribution in [0.15, 0.2) is 36.7 Å². The van der Waals surface area contributed by atoms with Crippen LogP contribution in [0.1, 0.15) is 17.3 Å². The Morgan fingerprint density at radius 2 is 1.76 bits per heavy atom. The third-order valence-electron chi connectivity index (χ3n) is 2.22. The van der Waals surface area contributed by atoms with Crippen LogP contribution in [-0.2, 0) is 0 Å². The summed E-state index contributed by atoms with van der Waals surface area (Å²) >= 11 is 0. The molecule has 0 fully saturated rings. The van der Waals surface area contributed by atoms with Gasteiger partial charge in [0.05, 0.1) is 18.1 Å². The van der Waals surface area contributed by atoms with Crippen LogP contribution in [0.2, 0.25) is 0 Å². The summed E-state index contributed by atoms with van der Waals surface area (Å²) < 4.78 is 0. The fraction of sp³-hybridized carbons (Fsp3) is 0.0833. The second-order valence-corrected chi connectivity index (χ2v) is 3.60. The van der Waals surface area contributed by atoms with Gasteiger partial charge in [-0.05, 0) is 31.2 Å². The Hall–Kier alpha value is -2.43. The van der Waals surface area contributed by atoms with Gasteiger partial charge in [0.25, 0.3) is 0 Å². The molecule has 0 bridgehead atoms. The topological polar surface area (TPSA) is 80.9 Å². The molecule has 0 saturated heterocycles. The monoisotopic (exact) mass is 228 g/mol. The number of benzene rings is 1. The van der Waals surface area contributed by atoms with Crippen molar-refractivity contribution in [1.82, 2.24) is 9.97 Å². The first kappa shape index (κ1) is 11.1. The van der Waals surface area contributed by atoms with E-state index in [-0.39, 0.29) is 5.78 Å². The first-order valence-electron chi connectivity index (χ1n) is 5.11. The summed E-state index contributed by atoms with van der Waals surface area (Å²) in [5.41, 5.74) is 7.49. The van der Waals surface area contributed by atoms with Crippen LogP contribution in [0, 0.1) is 0 Å². The number of nitrogens with zero attached hydrogens (tertiary/aromatic N) is 2. The minimum absolute atomic E-state index is 0.0419. The third kappa shape index (κ3) is 2.78. The first-order chi connectivity index (χ1) is 8.15. The zero-order chi connectivity index (χ0) is 12.3. The van der Waals surface area contributed by atoms with Gasteiger partial charge >= 0.3 is 0 Å². The number of aromatic nitrogens is 2. The largest absolute Gasteiger partial charge is 0.396 e. The van der Waals surface area contributed by atoms with Gasteiger partial charge in [0.2, 0.25) is 5.95 Å². The van der Waals surface area contributed by atoms with Crippen molar-refractivity contribution in [2.75, 3.05) is 11.1 Å². The molecule has 3 N–H and O–H groups in total. The minimum atomic E-state index is 0.0419. The molecule has 2 rings (SSSR count). The van der Waals surface area contributed by atoms with Gasteiger partial charge in [0.1, 0.15) is 0 Å². The highest BCUT2D eigenvalue weighted by Gasteiger charge is 2.00. The standard InChI is InChI=1S/C12H12N4O/c1-8(17)9-2-4-11(5-3-9)16-12-14-6-10(13)7-15-12/h2-7H,13H2,1H3,(H,14,15,16). The smallest absolute Gasteiger partial charge is 0.227 e. The van der Waals surface area contributed by atoms with E-state index in [4.69, 9.17) is 5.73 Å². The minimum Gasteiger partial charge on any atom is -0.396 e. The number of nitrogens with one attached hydrogen (secondary N) is 1. The van der Waals surface area contributed by atoms with Crippen molar-refractivity contribution in [3.05, 3.63) is 42.2 Å². The van der Waals surface area contributed by atoms with Crippen molar-refractivity contribution in [3.8, 4) is 0 Å². The van der Waals surface area contributed by atoms with Gasteiger partial charge in [0, 0.05) is 11.3 Å². The van der Waals surface area contributed by atoms with Crippen molar-refractivity contribution in [2.45, 2.75) is 6.92 Å². The molecule has 0 aliphatic carbocycles. The van der Waals surface area contributed by atoms with Crippen LogP contribution in [0.4, 0.5) is 17.3 Å². The highest BCUT2D eigenvalue weighted by Crippen LogP contribution is 2.14. The molecular formula is C12H12N4O. The summed E-state index contributed by atoms with van der Waals surface area (Å²) in [6.07, 6.45) is 3.05. The van der Waals surface area contributed by atoms with E-state index in [2.05, 4.69) is 15.3 Å². The lowest BCUT2D eigenvalue weighted by molar-refractivity contribution is 0.101. The Morgan fingerprint density at radius 1 is 1.18 bits per heavy atom. The number of anilines is 3. The van der Waals surface area contributed by atoms with E-state index in [1.165, 1.54) is 19.3 Å². The van der Waals surface area contributed by atoms with Crippen LogP contribution in [0.5, 0.6) is 0 Å². The van der Waals surface area contributed by atoms with Crippen LogP contribution >= 0.6 is 0 Å². The number of rotatable bonds is 3. The van der Waals surface area contributed by atoms with Gasteiger partial charge in [-0.25, -0.2) is 9.97 Å². The molecule has 0 unspecified atom stereocenters. The van der Waals surface area contributed by atoms with Crippen molar-refractivity contribution >= 4 is 23.1 Å². The second-order valence-electron chi connectivity index (χ2n) is 3.60. The van der Waals surface area contributed by atoms with Crippen molar-refractivity contribution in [1.29, 1.82) is 0 Å². The number of hydrogen-bond acceptors (Lipinski definition) is 5. The molecule has 0 saturated carbocycles. The quantitative estimate of drug-likeness (QED) is 0.785. The predicted octanol–water partition coefficient (Wildman–Crippen LogP) is 2.00. The van der Waals surface area contributed by atoms with Crippen LogP contribution < -0.4 is 11.1 Å². The summed E-state index contributed by atoms with van der Waals surface area (Å²) in [4.78, 5) is 19.1. The molecule has 0 radical (unpaired) electrons. The number of Topliss-reactive ketones (excluding diaryl/α,β-unsaturated/α-hetero) is 1. The van der Waals surface area contributed by atoms with Gasteiger partial charge in [-0.1, -0.05) is 0 Å². The second kappa shape index (κ2) is 4.61. The maximum Gasteiger partial charge on any atom is 0.227 e. The average molecular weight is 228 g/mol. The molecule has 2 aromatic rings. The molecular weight excluding hydrogens is 216 g/mol. The molecule has 0 aliphatic rings. The third-order valence-corrected chi connectivity index (χ3v) is 2.22. The normalized spacial score (nSPS) is 9.94. The molecule has 1 aromatic carbocycles. The Bertz CT molecular complexity index is 519. The van der Waals surface area contributed by atoms with E-state index in [0.717, 1.165) is 5.69 Å². The number of carbonyl (C=O) groups excluding carboxylic acids is 1. The van der Waals surface area contributed by atoms with E-state index in [9.17, 15) is 4.79 Å². The lowest BCUT2D eigenvalue weighted by Gasteiger charge is -2.04. The highest BCUT2D eigenvalue weighted by atomic mass is 16.1. The molecule has 0 aliphatic heterocycles. The van der Waals surface area contributed by atoms with E-state index in [1.54, 1.807) is 24.3 Å². The number of carbonyl (C=O) groups is 1.